The molecule has 0 aliphatic carbocycles. The van der Waals surface area contributed by atoms with Gasteiger partial charge in [-0.25, -0.2) is 0 Å². The van der Waals surface area contributed by atoms with Crippen LogP contribution in [0.25, 0.3) is 0 Å². The fourth-order valence-corrected chi connectivity index (χ4v) is 2.26. The number of ether oxygens (including phenoxy) is 1. The Balaban J connectivity index is 2.61. The molecule has 2 heteroatoms. The number of nitrogens with one attached hydrogen (secondary N) is 1. The smallest absolute Gasteiger partial charge is 0.119 e. The third kappa shape index (κ3) is 6.63. The van der Waals surface area contributed by atoms with Gasteiger partial charge < -0.3 is 10.1 Å². The summed E-state index contributed by atoms with van der Waals surface area (Å²) in [7, 11) is 1.72. The lowest BCUT2D eigenvalue weighted by Crippen LogP contribution is -2.32. The molecule has 0 aliphatic heterocycles. The van der Waals surface area contributed by atoms with Crippen molar-refractivity contribution in [2.75, 3.05) is 13.7 Å². The average molecular weight is 263 g/mol. The maximum atomic E-state index is 5.29. The predicted molar refractivity (Wildman–Crippen MR) is 82.9 cm³/mol. The monoisotopic (exact) mass is 263 g/mol. The van der Waals surface area contributed by atoms with Crippen molar-refractivity contribution >= 4 is 0 Å². The zero-order valence-corrected chi connectivity index (χ0v) is 13.1. The topological polar surface area (TPSA) is 21.3 Å². The number of methoxy groups -OCH3 is 1. The van der Waals surface area contributed by atoms with Gasteiger partial charge in [0.1, 0.15) is 5.75 Å². The van der Waals surface area contributed by atoms with Gasteiger partial charge in [-0.05, 0) is 48.9 Å². The Labute approximate surface area is 118 Å². The van der Waals surface area contributed by atoms with Crippen molar-refractivity contribution in [2.45, 2.75) is 53.0 Å². The Kier molecular flexibility index (Phi) is 6.36. The van der Waals surface area contributed by atoms with Gasteiger partial charge in [-0.15, -0.1) is 0 Å². The molecule has 1 aromatic rings. The van der Waals surface area contributed by atoms with E-state index in [4.69, 9.17) is 4.74 Å². The fraction of sp³-hybridized carbons (Fsp3) is 0.647. The Morgan fingerprint density at radius 1 is 1.26 bits per heavy atom. The molecule has 1 atom stereocenters. The van der Waals surface area contributed by atoms with Crippen LogP contribution in [0, 0.1) is 5.41 Å². The second kappa shape index (κ2) is 7.54. The molecular formula is C17H29NO. The highest BCUT2D eigenvalue weighted by Gasteiger charge is 2.15. The molecule has 1 N–H and O–H groups in total. The summed E-state index contributed by atoms with van der Waals surface area (Å²) in [6, 6.07) is 8.95. The summed E-state index contributed by atoms with van der Waals surface area (Å²) in [5.41, 5.74) is 1.75. The summed E-state index contributed by atoms with van der Waals surface area (Å²) in [4.78, 5) is 0. The standard InChI is InChI=1S/C17H29NO/c1-6-18-15(10-11-17(2,3)4)12-14-8-7-9-16(13-14)19-5/h7-9,13,15,18H,6,10-12H2,1-5H3. The number of hydrogen-bond acceptors (Lipinski definition) is 2. The Bertz CT molecular complexity index is 368. The van der Waals surface area contributed by atoms with Gasteiger partial charge in [0, 0.05) is 6.04 Å². The Hall–Kier alpha value is -1.02. The van der Waals surface area contributed by atoms with Crippen LogP contribution >= 0.6 is 0 Å². The molecule has 0 amide bonds. The van der Waals surface area contributed by atoms with Gasteiger partial charge in [0.25, 0.3) is 0 Å². The number of hydrogen-bond donors (Lipinski definition) is 1. The first-order valence-corrected chi connectivity index (χ1v) is 7.31. The lowest BCUT2D eigenvalue weighted by molar-refractivity contribution is 0.330. The van der Waals surface area contributed by atoms with Crippen molar-refractivity contribution in [2.24, 2.45) is 5.41 Å². The Morgan fingerprint density at radius 3 is 2.58 bits per heavy atom. The van der Waals surface area contributed by atoms with Gasteiger partial charge in [0.2, 0.25) is 0 Å². The SMILES string of the molecule is CCNC(CCC(C)(C)C)Cc1cccc(OC)c1. The maximum Gasteiger partial charge on any atom is 0.119 e. The molecule has 0 saturated carbocycles. The molecule has 0 aromatic heterocycles. The van der Waals surface area contributed by atoms with Crippen LogP contribution in [0.5, 0.6) is 5.75 Å². The van der Waals surface area contributed by atoms with Gasteiger partial charge in [0.05, 0.1) is 7.11 Å². The second-order valence-electron chi connectivity index (χ2n) is 6.41. The van der Waals surface area contributed by atoms with E-state index in [1.54, 1.807) is 7.11 Å². The van der Waals surface area contributed by atoms with E-state index in [2.05, 4.69) is 51.2 Å². The van der Waals surface area contributed by atoms with Crippen molar-refractivity contribution in [1.29, 1.82) is 0 Å². The minimum absolute atomic E-state index is 0.405. The zero-order chi connectivity index (χ0) is 14.3. The summed E-state index contributed by atoms with van der Waals surface area (Å²) in [6.45, 7) is 10.1. The molecule has 108 valence electrons. The largest absolute Gasteiger partial charge is 0.497 e. The predicted octanol–water partition coefficient (Wildman–Crippen LogP) is 4.04. The van der Waals surface area contributed by atoms with Crippen LogP contribution in [0.4, 0.5) is 0 Å². The van der Waals surface area contributed by atoms with Crippen molar-refractivity contribution in [3.63, 3.8) is 0 Å². The highest BCUT2D eigenvalue weighted by atomic mass is 16.5. The minimum atomic E-state index is 0.405. The van der Waals surface area contributed by atoms with Crippen LogP contribution in [0.1, 0.15) is 46.1 Å². The quantitative estimate of drug-likeness (QED) is 0.801. The van der Waals surface area contributed by atoms with Crippen LogP contribution in [-0.2, 0) is 6.42 Å². The molecule has 1 aromatic carbocycles. The summed E-state index contributed by atoms with van der Waals surface area (Å²) in [5.74, 6) is 0.948. The molecular weight excluding hydrogens is 234 g/mol. The molecule has 0 saturated heterocycles. The van der Waals surface area contributed by atoms with E-state index in [1.807, 2.05) is 6.07 Å². The molecule has 0 bridgehead atoms. The summed E-state index contributed by atoms with van der Waals surface area (Å²) >= 11 is 0. The first-order chi connectivity index (χ1) is 8.94. The first-order valence-electron chi connectivity index (χ1n) is 7.31. The van der Waals surface area contributed by atoms with E-state index >= 15 is 0 Å². The van der Waals surface area contributed by atoms with Gasteiger partial charge in [0.15, 0.2) is 0 Å². The van der Waals surface area contributed by atoms with Crippen molar-refractivity contribution in [3.8, 4) is 5.75 Å². The minimum Gasteiger partial charge on any atom is -0.497 e. The van der Waals surface area contributed by atoms with Crippen LogP contribution < -0.4 is 10.1 Å². The lowest BCUT2D eigenvalue weighted by atomic mass is 9.87. The number of likely N-dealkylation sites (N-methyl/N-ethyl adjacent to an activating group) is 1. The second-order valence-corrected chi connectivity index (χ2v) is 6.41. The molecule has 2 nitrogen and oxygen atoms in total. The highest BCUT2D eigenvalue weighted by molar-refractivity contribution is 5.28. The van der Waals surface area contributed by atoms with E-state index < -0.39 is 0 Å². The summed E-state index contributed by atoms with van der Waals surface area (Å²) in [5, 5.41) is 3.60. The van der Waals surface area contributed by atoms with Crippen molar-refractivity contribution < 1.29 is 4.74 Å². The normalized spacial score (nSPS) is 13.3. The number of benzene rings is 1. The van der Waals surface area contributed by atoms with E-state index in [-0.39, 0.29) is 0 Å². The van der Waals surface area contributed by atoms with Gasteiger partial charge in [-0.2, -0.15) is 0 Å². The number of rotatable bonds is 7. The molecule has 0 aliphatic rings. The van der Waals surface area contributed by atoms with E-state index in [0.29, 0.717) is 11.5 Å². The van der Waals surface area contributed by atoms with E-state index in [1.165, 1.54) is 18.4 Å². The van der Waals surface area contributed by atoms with E-state index in [0.717, 1.165) is 18.7 Å². The third-order valence-electron chi connectivity index (χ3n) is 3.35. The molecule has 19 heavy (non-hydrogen) atoms. The molecule has 0 radical (unpaired) electrons. The first kappa shape index (κ1) is 16.0. The summed E-state index contributed by atoms with van der Waals surface area (Å²) < 4.78 is 5.29. The van der Waals surface area contributed by atoms with Gasteiger partial charge in [-0.3, -0.25) is 0 Å². The lowest BCUT2D eigenvalue weighted by Gasteiger charge is -2.24. The Morgan fingerprint density at radius 2 is 2.00 bits per heavy atom. The average Bonchev–Trinajstić information content (AvgIpc) is 2.35. The van der Waals surface area contributed by atoms with E-state index in [9.17, 15) is 0 Å². The molecule has 0 spiro atoms. The van der Waals surface area contributed by atoms with Crippen molar-refractivity contribution in [1.82, 2.24) is 5.32 Å². The van der Waals surface area contributed by atoms with Gasteiger partial charge in [-0.1, -0.05) is 39.8 Å². The van der Waals surface area contributed by atoms with Crippen LogP contribution in [-0.4, -0.2) is 19.7 Å². The molecule has 1 rings (SSSR count). The zero-order valence-electron chi connectivity index (χ0n) is 13.1. The van der Waals surface area contributed by atoms with Gasteiger partial charge >= 0.3 is 0 Å². The third-order valence-corrected chi connectivity index (χ3v) is 3.35. The van der Waals surface area contributed by atoms with Crippen LogP contribution in [0.3, 0.4) is 0 Å². The maximum absolute atomic E-state index is 5.29. The highest BCUT2D eigenvalue weighted by Crippen LogP contribution is 2.23. The summed E-state index contributed by atoms with van der Waals surface area (Å²) in [6.07, 6.45) is 3.53. The fourth-order valence-electron chi connectivity index (χ4n) is 2.26. The van der Waals surface area contributed by atoms with Crippen LogP contribution in [0.15, 0.2) is 24.3 Å². The van der Waals surface area contributed by atoms with Crippen molar-refractivity contribution in [3.05, 3.63) is 29.8 Å². The molecule has 1 unspecified atom stereocenters. The molecule has 0 heterocycles. The van der Waals surface area contributed by atoms with Crippen LogP contribution in [0.2, 0.25) is 0 Å². The molecule has 0 fully saturated rings.